The van der Waals surface area contributed by atoms with Crippen LogP contribution in [0, 0.1) is 0 Å². The molecule has 0 saturated carbocycles. The van der Waals surface area contributed by atoms with E-state index in [0.717, 1.165) is 11.1 Å². The second kappa shape index (κ2) is 7.70. The molecule has 1 heterocycles. The molecule has 0 saturated heterocycles. The number of benzene rings is 2. The molecule has 0 radical (unpaired) electrons. The van der Waals surface area contributed by atoms with E-state index in [1.54, 1.807) is 36.7 Å². The standard InChI is InChI=1S/C21H20N2O3/c1-3-16-9-11-17(12-10-16)15-22-13-14-23(21(25)20(22)24)18-7-5-6-8-19(18)26-4-2/h3,5-14H,1,4,15H2,2H3. The van der Waals surface area contributed by atoms with Crippen LogP contribution in [0.15, 0.2) is 77.1 Å². The number of hydrogen-bond acceptors (Lipinski definition) is 3. The average molecular weight is 348 g/mol. The van der Waals surface area contributed by atoms with Gasteiger partial charge >= 0.3 is 11.1 Å². The molecule has 0 bridgehead atoms. The Morgan fingerprint density at radius 3 is 2.42 bits per heavy atom. The Labute approximate surface area is 151 Å². The van der Waals surface area contributed by atoms with Crippen molar-refractivity contribution in [1.82, 2.24) is 9.13 Å². The summed E-state index contributed by atoms with van der Waals surface area (Å²) in [5, 5.41) is 0. The first-order valence-corrected chi connectivity index (χ1v) is 8.39. The van der Waals surface area contributed by atoms with Crippen LogP contribution in [0.2, 0.25) is 0 Å². The van der Waals surface area contributed by atoms with E-state index in [1.807, 2.05) is 37.3 Å². The summed E-state index contributed by atoms with van der Waals surface area (Å²) < 4.78 is 8.29. The average Bonchev–Trinajstić information content (AvgIpc) is 2.67. The summed E-state index contributed by atoms with van der Waals surface area (Å²) in [6.07, 6.45) is 4.97. The monoisotopic (exact) mass is 348 g/mol. The van der Waals surface area contributed by atoms with Gasteiger partial charge < -0.3 is 9.30 Å². The summed E-state index contributed by atoms with van der Waals surface area (Å²) in [7, 11) is 0. The minimum Gasteiger partial charge on any atom is -0.492 e. The number of nitrogens with zero attached hydrogens (tertiary/aromatic N) is 2. The molecular weight excluding hydrogens is 328 g/mol. The fourth-order valence-corrected chi connectivity index (χ4v) is 2.71. The molecule has 0 spiro atoms. The topological polar surface area (TPSA) is 53.2 Å². The van der Waals surface area contributed by atoms with E-state index in [4.69, 9.17) is 4.74 Å². The van der Waals surface area contributed by atoms with Crippen LogP contribution in [0.4, 0.5) is 0 Å². The lowest BCUT2D eigenvalue weighted by Gasteiger charge is -2.13. The highest BCUT2D eigenvalue weighted by Crippen LogP contribution is 2.20. The highest BCUT2D eigenvalue weighted by atomic mass is 16.5. The van der Waals surface area contributed by atoms with E-state index < -0.39 is 11.1 Å². The first-order chi connectivity index (χ1) is 12.6. The maximum atomic E-state index is 12.6. The maximum absolute atomic E-state index is 12.6. The molecule has 3 aromatic rings. The lowest BCUT2D eigenvalue weighted by Crippen LogP contribution is -2.40. The molecule has 0 aliphatic rings. The zero-order valence-corrected chi connectivity index (χ0v) is 14.6. The molecule has 5 heteroatoms. The molecule has 0 aliphatic carbocycles. The Hall–Kier alpha value is -3.34. The third kappa shape index (κ3) is 3.52. The highest BCUT2D eigenvalue weighted by molar-refractivity contribution is 5.47. The predicted octanol–water partition coefficient (Wildman–Crippen LogP) is 3.09. The zero-order chi connectivity index (χ0) is 18.5. The quantitative estimate of drug-likeness (QED) is 0.643. The summed E-state index contributed by atoms with van der Waals surface area (Å²) in [5.41, 5.74) is 1.31. The van der Waals surface area contributed by atoms with Gasteiger partial charge in [0.2, 0.25) is 0 Å². The van der Waals surface area contributed by atoms with Crippen molar-refractivity contribution in [2.45, 2.75) is 13.5 Å². The van der Waals surface area contributed by atoms with E-state index in [0.29, 0.717) is 24.6 Å². The van der Waals surface area contributed by atoms with Gasteiger partial charge in [0.15, 0.2) is 0 Å². The fraction of sp³-hybridized carbons (Fsp3) is 0.143. The number of aromatic nitrogens is 2. The summed E-state index contributed by atoms with van der Waals surface area (Å²) in [4.78, 5) is 25.1. The van der Waals surface area contributed by atoms with Crippen LogP contribution in [-0.2, 0) is 6.54 Å². The molecule has 26 heavy (non-hydrogen) atoms. The second-order valence-electron chi connectivity index (χ2n) is 5.75. The Bertz CT molecular complexity index is 1030. The summed E-state index contributed by atoms with van der Waals surface area (Å²) in [5.74, 6) is 0.564. The Morgan fingerprint density at radius 1 is 1.00 bits per heavy atom. The summed E-state index contributed by atoms with van der Waals surface area (Å²) in [6, 6.07) is 14.8. The van der Waals surface area contributed by atoms with Gasteiger partial charge in [-0.25, -0.2) is 0 Å². The van der Waals surface area contributed by atoms with E-state index in [2.05, 4.69) is 6.58 Å². The van der Waals surface area contributed by atoms with E-state index in [1.165, 1.54) is 9.13 Å². The number of hydrogen-bond donors (Lipinski definition) is 0. The van der Waals surface area contributed by atoms with Crippen molar-refractivity contribution in [3.63, 3.8) is 0 Å². The lowest BCUT2D eigenvalue weighted by molar-refractivity contribution is 0.339. The molecule has 1 aromatic heterocycles. The van der Waals surface area contributed by atoms with Crippen molar-refractivity contribution in [2.24, 2.45) is 0 Å². The molecule has 0 amide bonds. The zero-order valence-electron chi connectivity index (χ0n) is 14.6. The van der Waals surface area contributed by atoms with Crippen molar-refractivity contribution < 1.29 is 4.74 Å². The van der Waals surface area contributed by atoms with Crippen LogP contribution in [0.3, 0.4) is 0 Å². The van der Waals surface area contributed by atoms with Gasteiger partial charge in [0, 0.05) is 12.4 Å². The fourth-order valence-electron chi connectivity index (χ4n) is 2.71. The molecular formula is C21H20N2O3. The van der Waals surface area contributed by atoms with Crippen molar-refractivity contribution in [3.05, 3.63) is 99.3 Å². The smallest absolute Gasteiger partial charge is 0.321 e. The van der Waals surface area contributed by atoms with E-state index in [-0.39, 0.29) is 0 Å². The Balaban J connectivity index is 1.98. The third-order valence-corrected chi connectivity index (χ3v) is 4.05. The molecule has 0 unspecified atom stereocenters. The minimum atomic E-state index is -0.609. The van der Waals surface area contributed by atoms with Gasteiger partial charge in [-0.05, 0) is 30.2 Å². The highest BCUT2D eigenvalue weighted by Gasteiger charge is 2.11. The maximum Gasteiger partial charge on any atom is 0.321 e. The molecule has 0 atom stereocenters. The molecule has 0 N–H and O–H groups in total. The van der Waals surface area contributed by atoms with Gasteiger partial charge in [-0.1, -0.05) is 49.1 Å². The first kappa shape index (κ1) is 17.5. The molecule has 0 fully saturated rings. The lowest BCUT2D eigenvalue weighted by atomic mass is 10.1. The number of para-hydroxylation sites is 2. The first-order valence-electron chi connectivity index (χ1n) is 8.39. The Kier molecular flexibility index (Phi) is 5.17. The van der Waals surface area contributed by atoms with E-state index in [9.17, 15) is 9.59 Å². The van der Waals surface area contributed by atoms with Crippen LogP contribution in [-0.4, -0.2) is 15.7 Å². The van der Waals surface area contributed by atoms with Gasteiger partial charge in [-0.3, -0.25) is 14.2 Å². The van der Waals surface area contributed by atoms with Crippen molar-refractivity contribution in [2.75, 3.05) is 6.61 Å². The van der Waals surface area contributed by atoms with Crippen molar-refractivity contribution in [3.8, 4) is 11.4 Å². The van der Waals surface area contributed by atoms with Gasteiger partial charge in [0.05, 0.1) is 18.8 Å². The van der Waals surface area contributed by atoms with Gasteiger partial charge in [-0.2, -0.15) is 0 Å². The predicted molar refractivity (Wildman–Crippen MR) is 103 cm³/mol. The van der Waals surface area contributed by atoms with Crippen LogP contribution in [0.5, 0.6) is 5.75 Å². The minimum absolute atomic E-state index is 0.333. The normalized spacial score (nSPS) is 10.5. The van der Waals surface area contributed by atoms with Gasteiger partial charge in [0.25, 0.3) is 0 Å². The van der Waals surface area contributed by atoms with Crippen molar-refractivity contribution >= 4 is 6.08 Å². The number of ether oxygens (including phenoxy) is 1. The molecule has 132 valence electrons. The van der Waals surface area contributed by atoms with Crippen LogP contribution in [0.1, 0.15) is 18.1 Å². The number of rotatable bonds is 6. The summed E-state index contributed by atoms with van der Waals surface area (Å²) >= 11 is 0. The second-order valence-corrected chi connectivity index (χ2v) is 5.75. The van der Waals surface area contributed by atoms with Crippen LogP contribution < -0.4 is 15.9 Å². The third-order valence-electron chi connectivity index (χ3n) is 4.05. The molecule has 3 rings (SSSR count). The molecule has 0 aliphatic heterocycles. The van der Waals surface area contributed by atoms with Crippen LogP contribution in [0.25, 0.3) is 11.8 Å². The molecule has 5 nitrogen and oxygen atoms in total. The van der Waals surface area contributed by atoms with Crippen molar-refractivity contribution in [1.29, 1.82) is 0 Å². The SMILES string of the molecule is C=Cc1ccc(Cn2ccn(-c3ccccc3OCC)c(=O)c2=O)cc1. The largest absolute Gasteiger partial charge is 0.492 e. The van der Waals surface area contributed by atoms with Crippen LogP contribution >= 0.6 is 0 Å². The Morgan fingerprint density at radius 2 is 1.73 bits per heavy atom. The van der Waals surface area contributed by atoms with Gasteiger partial charge in [0.1, 0.15) is 5.75 Å². The van der Waals surface area contributed by atoms with E-state index >= 15 is 0 Å². The summed E-state index contributed by atoms with van der Waals surface area (Å²) in [6.45, 7) is 6.40. The van der Waals surface area contributed by atoms with Gasteiger partial charge in [-0.15, -0.1) is 0 Å². The molecule has 2 aromatic carbocycles.